The van der Waals surface area contributed by atoms with E-state index < -0.39 is 0 Å². The molecule has 0 aliphatic heterocycles. The minimum atomic E-state index is 0.250. The van der Waals surface area contributed by atoms with Crippen LogP contribution in [-0.4, -0.2) is 12.9 Å². The van der Waals surface area contributed by atoms with Gasteiger partial charge in [-0.2, -0.15) is 0 Å². The van der Waals surface area contributed by atoms with E-state index in [1.807, 2.05) is 32.0 Å². The summed E-state index contributed by atoms with van der Waals surface area (Å²) < 4.78 is 5.08. The topological polar surface area (TPSA) is 26.3 Å². The molecule has 0 saturated carbocycles. The number of rotatable bonds is 1. The van der Waals surface area contributed by atoms with Gasteiger partial charge in [0.1, 0.15) is 5.75 Å². The van der Waals surface area contributed by atoms with Crippen molar-refractivity contribution in [3.05, 3.63) is 29.3 Å². The highest BCUT2D eigenvalue weighted by molar-refractivity contribution is 5.98. The molecule has 1 aromatic carbocycles. The Kier molecular flexibility index (Phi) is 4.35. The van der Waals surface area contributed by atoms with Gasteiger partial charge in [-0.25, -0.2) is 0 Å². The summed E-state index contributed by atoms with van der Waals surface area (Å²) in [5.41, 5.74) is 2.02. The van der Waals surface area contributed by atoms with Crippen molar-refractivity contribution in [1.29, 1.82) is 0 Å². The summed E-state index contributed by atoms with van der Waals surface area (Å²) in [7, 11) is 1.62. The molecule has 0 atom stereocenters. The van der Waals surface area contributed by atoms with E-state index in [0.717, 1.165) is 29.7 Å². The molecule has 2 nitrogen and oxygen atoms in total. The molecule has 0 radical (unpaired) electrons. The number of hydrogen-bond donors (Lipinski definition) is 0. The van der Waals surface area contributed by atoms with Gasteiger partial charge in [0.05, 0.1) is 7.11 Å². The van der Waals surface area contributed by atoms with Crippen LogP contribution in [0.2, 0.25) is 0 Å². The number of benzene rings is 1. The van der Waals surface area contributed by atoms with Gasteiger partial charge in [0.15, 0.2) is 5.78 Å². The van der Waals surface area contributed by atoms with Gasteiger partial charge in [0.25, 0.3) is 0 Å². The minimum absolute atomic E-state index is 0.250. The fourth-order valence-corrected chi connectivity index (χ4v) is 1.73. The first kappa shape index (κ1) is 11.8. The quantitative estimate of drug-likeness (QED) is 0.705. The molecule has 0 aromatic heterocycles. The number of ether oxygens (including phenoxy) is 1. The van der Waals surface area contributed by atoms with Crippen LogP contribution < -0.4 is 4.74 Å². The van der Waals surface area contributed by atoms with Gasteiger partial charge in [0, 0.05) is 12.0 Å². The molecule has 0 heterocycles. The molecule has 15 heavy (non-hydrogen) atoms. The standard InChI is InChI=1S/C11H12O2.C2H6/c1-13-9-6-5-8-3-2-4-11(12)10(8)7-9;1-2/h5-7H,2-4H2,1H3;1-2H3. The Bertz CT molecular complexity index is 342. The first-order valence-electron chi connectivity index (χ1n) is 5.51. The van der Waals surface area contributed by atoms with Gasteiger partial charge in [0.2, 0.25) is 0 Å². The summed E-state index contributed by atoms with van der Waals surface area (Å²) in [5, 5.41) is 0. The zero-order valence-corrected chi connectivity index (χ0v) is 9.67. The van der Waals surface area contributed by atoms with Crippen LogP contribution in [0, 0.1) is 0 Å². The van der Waals surface area contributed by atoms with Crippen LogP contribution in [0.4, 0.5) is 0 Å². The van der Waals surface area contributed by atoms with Gasteiger partial charge >= 0.3 is 0 Å². The Morgan fingerprint density at radius 3 is 2.60 bits per heavy atom. The highest BCUT2D eigenvalue weighted by Crippen LogP contribution is 2.24. The van der Waals surface area contributed by atoms with E-state index in [-0.39, 0.29) is 5.78 Å². The SMILES string of the molecule is CC.COc1ccc2c(c1)C(=O)CCC2. The lowest BCUT2D eigenvalue weighted by Crippen LogP contribution is -2.10. The second-order valence-electron chi connectivity index (χ2n) is 3.30. The number of carbonyl (C=O) groups is 1. The lowest BCUT2D eigenvalue weighted by molar-refractivity contribution is 0.0972. The molecule has 1 aliphatic rings. The Balaban J connectivity index is 0.000000531. The van der Waals surface area contributed by atoms with Crippen molar-refractivity contribution in [2.75, 3.05) is 7.11 Å². The smallest absolute Gasteiger partial charge is 0.163 e. The van der Waals surface area contributed by atoms with E-state index in [2.05, 4.69) is 0 Å². The Hall–Kier alpha value is -1.31. The first-order valence-corrected chi connectivity index (χ1v) is 5.51. The maximum absolute atomic E-state index is 11.5. The molecule has 0 saturated heterocycles. The Morgan fingerprint density at radius 1 is 1.20 bits per heavy atom. The normalized spacial score (nSPS) is 13.7. The van der Waals surface area contributed by atoms with E-state index in [4.69, 9.17) is 4.74 Å². The van der Waals surface area contributed by atoms with Crippen molar-refractivity contribution < 1.29 is 9.53 Å². The third kappa shape index (κ3) is 2.58. The van der Waals surface area contributed by atoms with Crippen molar-refractivity contribution >= 4 is 5.78 Å². The maximum atomic E-state index is 11.5. The summed E-state index contributed by atoms with van der Waals surface area (Å²) >= 11 is 0. The van der Waals surface area contributed by atoms with E-state index in [1.165, 1.54) is 0 Å². The Labute approximate surface area is 91.3 Å². The summed E-state index contributed by atoms with van der Waals surface area (Å²) in [6.45, 7) is 4.00. The number of fused-ring (bicyclic) bond motifs is 1. The zero-order chi connectivity index (χ0) is 11.3. The van der Waals surface area contributed by atoms with Crippen LogP contribution in [0.1, 0.15) is 42.6 Å². The van der Waals surface area contributed by atoms with Crippen molar-refractivity contribution in [2.24, 2.45) is 0 Å². The van der Waals surface area contributed by atoms with Gasteiger partial charge in [-0.3, -0.25) is 4.79 Å². The van der Waals surface area contributed by atoms with Gasteiger partial charge in [-0.05, 0) is 30.5 Å². The second-order valence-corrected chi connectivity index (χ2v) is 3.30. The molecule has 0 amide bonds. The number of methoxy groups -OCH3 is 1. The first-order chi connectivity index (χ1) is 7.31. The van der Waals surface area contributed by atoms with E-state index in [9.17, 15) is 4.79 Å². The van der Waals surface area contributed by atoms with Crippen molar-refractivity contribution in [3.8, 4) is 5.75 Å². The van der Waals surface area contributed by atoms with Crippen LogP contribution >= 0.6 is 0 Å². The average Bonchev–Trinajstić information content (AvgIpc) is 2.32. The molecule has 0 bridgehead atoms. The molecular weight excluding hydrogens is 188 g/mol. The fraction of sp³-hybridized carbons (Fsp3) is 0.462. The van der Waals surface area contributed by atoms with E-state index in [1.54, 1.807) is 7.11 Å². The summed E-state index contributed by atoms with van der Waals surface area (Å²) in [5.74, 6) is 1.02. The van der Waals surface area contributed by atoms with E-state index >= 15 is 0 Å². The predicted molar refractivity (Wildman–Crippen MR) is 61.6 cm³/mol. The highest BCUT2D eigenvalue weighted by atomic mass is 16.5. The molecule has 2 heteroatoms. The maximum Gasteiger partial charge on any atom is 0.163 e. The molecule has 0 fully saturated rings. The molecule has 0 unspecified atom stereocenters. The molecule has 1 aliphatic carbocycles. The van der Waals surface area contributed by atoms with Gasteiger partial charge < -0.3 is 4.74 Å². The number of ketones is 1. The van der Waals surface area contributed by atoms with Crippen molar-refractivity contribution in [3.63, 3.8) is 0 Å². The molecule has 82 valence electrons. The Morgan fingerprint density at radius 2 is 1.93 bits per heavy atom. The third-order valence-electron chi connectivity index (χ3n) is 2.47. The highest BCUT2D eigenvalue weighted by Gasteiger charge is 2.16. The van der Waals surface area contributed by atoms with Crippen LogP contribution in [0.15, 0.2) is 18.2 Å². The van der Waals surface area contributed by atoms with Gasteiger partial charge in [-0.15, -0.1) is 0 Å². The average molecular weight is 206 g/mol. The van der Waals surface area contributed by atoms with Crippen LogP contribution in [0.3, 0.4) is 0 Å². The summed E-state index contributed by atoms with van der Waals surface area (Å²) in [4.78, 5) is 11.5. The number of aryl methyl sites for hydroxylation is 1. The summed E-state index contributed by atoms with van der Waals surface area (Å²) in [6, 6.07) is 5.75. The van der Waals surface area contributed by atoms with Crippen molar-refractivity contribution in [2.45, 2.75) is 33.1 Å². The predicted octanol–water partition coefficient (Wildman–Crippen LogP) is 3.24. The number of carbonyl (C=O) groups excluding carboxylic acids is 1. The zero-order valence-electron chi connectivity index (χ0n) is 9.67. The van der Waals surface area contributed by atoms with Gasteiger partial charge in [-0.1, -0.05) is 19.9 Å². The number of Topliss-reactive ketones (excluding diaryl/α,β-unsaturated/α-hetero) is 1. The van der Waals surface area contributed by atoms with Crippen LogP contribution in [0.25, 0.3) is 0 Å². The molecule has 2 rings (SSSR count). The summed E-state index contributed by atoms with van der Waals surface area (Å²) in [6.07, 6.45) is 2.68. The molecular formula is C13H18O2. The lowest BCUT2D eigenvalue weighted by atomic mass is 9.91. The van der Waals surface area contributed by atoms with Crippen LogP contribution in [-0.2, 0) is 6.42 Å². The van der Waals surface area contributed by atoms with Crippen LogP contribution in [0.5, 0.6) is 5.75 Å². The van der Waals surface area contributed by atoms with Crippen molar-refractivity contribution in [1.82, 2.24) is 0 Å². The fourth-order valence-electron chi connectivity index (χ4n) is 1.73. The number of hydrogen-bond acceptors (Lipinski definition) is 2. The molecule has 0 spiro atoms. The third-order valence-corrected chi connectivity index (χ3v) is 2.47. The molecule has 1 aromatic rings. The monoisotopic (exact) mass is 206 g/mol. The minimum Gasteiger partial charge on any atom is -0.497 e. The largest absolute Gasteiger partial charge is 0.497 e. The molecule has 0 N–H and O–H groups in total. The van der Waals surface area contributed by atoms with E-state index in [0.29, 0.717) is 6.42 Å². The second kappa shape index (κ2) is 5.54. The lowest BCUT2D eigenvalue weighted by Gasteiger charge is -2.14.